The summed E-state index contributed by atoms with van der Waals surface area (Å²) in [5.41, 5.74) is 1.28. The van der Waals surface area contributed by atoms with Gasteiger partial charge in [0.2, 0.25) is 0 Å². The average Bonchev–Trinajstić information content (AvgIpc) is 2.38. The summed E-state index contributed by atoms with van der Waals surface area (Å²) in [4.78, 5) is 18.7. The fourth-order valence-electron chi connectivity index (χ4n) is 1.35. The van der Waals surface area contributed by atoms with Gasteiger partial charge >= 0.3 is 5.97 Å². The number of carbonyl (C=O) groups is 1. The minimum absolute atomic E-state index is 0.220. The van der Waals surface area contributed by atoms with Crippen LogP contribution in [0.5, 0.6) is 0 Å². The summed E-state index contributed by atoms with van der Waals surface area (Å²) >= 11 is 0. The van der Waals surface area contributed by atoms with Crippen LogP contribution in [0.3, 0.4) is 0 Å². The topological polar surface area (TPSA) is 75.1 Å². The van der Waals surface area contributed by atoms with Crippen molar-refractivity contribution < 1.29 is 9.90 Å². The van der Waals surface area contributed by atoms with Crippen LogP contribution in [0.1, 0.15) is 15.9 Å². The second kappa shape index (κ2) is 5.07. The SMILES string of the molecule is O=C(O)c1ccnc(NCc2ccncc2)c1. The highest BCUT2D eigenvalue weighted by molar-refractivity contribution is 5.88. The van der Waals surface area contributed by atoms with Gasteiger partial charge in [-0.05, 0) is 29.8 Å². The molecule has 86 valence electrons. The Balaban J connectivity index is 2.04. The third-order valence-electron chi connectivity index (χ3n) is 2.23. The molecule has 0 saturated heterocycles. The molecule has 0 spiro atoms. The maximum absolute atomic E-state index is 10.8. The Morgan fingerprint density at radius 1 is 1.24 bits per heavy atom. The predicted molar refractivity (Wildman–Crippen MR) is 62.8 cm³/mol. The minimum atomic E-state index is -0.959. The standard InChI is InChI=1S/C12H11N3O2/c16-12(17)10-3-6-14-11(7-10)15-8-9-1-4-13-5-2-9/h1-7H,8H2,(H,14,15)(H,16,17). The van der Waals surface area contributed by atoms with Gasteiger partial charge in [0, 0.05) is 25.1 Å². The van der Waals surface area contributed by atoms with Crippen LogP contribution in [0, 0.1) is 0 Å². The number of carboxylic acid groups (broad SMARTS) is 1. The lowest BCUT2D eigenvalue weighted by molar-refractivity contribution is 0.0697. The van der Waals surface area contributed by atoms with Gasteiger partial charge in [-0.25, -0.2) is 9.78 Å². The molecule has 0 fully saturated rings. The van der Waals surface area contributed by atoms with E-state index in [1.807, 2.05) is 12.1 Å². The zero-order valence-corrected chi connectivity index (χ0v) is 9.00. The molecular formula is C12H11N3O2. The summed E-state index contributed by atoms with van der Waals surface area (Å²) in [7, 11) is 0. The highest BCUT2D eigenvalue weighted by Crippen LogP contribution is 2.08. The van der Waals surface area contributed by atoms with Crippen LogP contribution in [0.4, 0.5) is 5.82 Å². The molecule has 2 aromatic rings. The van der Waals surface area contributed by atoms with Gasteiger partial charge in [0.05, 0.1) is 5.56 Å². The Kier molecular flexibility index (Phi) is 3.30. The Morgan fingerprint density at radius 3 is 2.71 bits per heavy atom. The molecule has 5 heteroatoms. The van der Waals surface area contributed by atoms with E-state index in [9.17, 15) is 4.79 Å². The lowest BCUT2D eigenvalue weighted by Gasteiger charge is -2.05. The van der Waals surface area contributed by atoms with Gasteiger partial charge < -0.3 is 10.4 Å². The number of carboxylic acids is 1. The summed E-state index contributed by atoms with van der Waals surface area (Å²) < 4.78 is 0. The van der Waals surface area contributed by atoms with Crippen molar-refractivity contribution in [2.75, 3.05) is 5.32 Å². The molecule has 0 aliphatic rings. The van der Waals surface area contributed by atoms with Crippen molar-refractivity contribution in [1.29, 1.82) is 0 Å². The molecule has 0 radical (unpaired) electrons. The molecule has 5 nitrogen and oxygen atoms in total. The van der Waals surface area contributed by atoms with Gasteiger partial charge in [-0.3, -0.25) is 4.98 Å². The molecule has 2 N–H and O–H groups in total. The number of aromatic nitrogens is 2. The Labute approximate surface area is 98.2 Å². The summed E-state index contributed by atoms with van der Waals surface area (Å²) in [6, 6.07) is 6.73. The van der Waals surface area contributed by atoms with Gasteiger partial charge in [0.25, 0.3) is 0 Å². The molecule has 0 amide bonds. The Hall–Kier alpha value is -2.43. The van der Waals surface area contributed by atoms with E-state index in [-0.39, 0.29) is 5.56 Å². The van der Waals surface area contributed by atoms with Crippen molar-refractivity contribution in [2.45, 2.75) is 6.54 Å². The number of rotatable bonds is 4. The quantitative estimate of drug-likeness (QED) is 0.835. The maximum atomic E-state index is 10.8. The maximum Gasteiger partial charge on any atom is 0.335 e. The lowest BCUT2D eigenvalue weighted by atomic mass is 10.2. The van der Waals surface area contributed by atoms with Crippen molar-refractivity contribution in [3.63, 3.8) is 0 Å². The van der Waals surface area contributed by atoms with E-state index in [1.54, 1.807) is 12.4 Å². The number of pyridine rings is 2. The first kappa shape index (κ1) is 11.1. The molecule has 17 heavy (non-hydrogen) atoms. The normalized spacial score (nSPS) is 9.88. The molecule has 2 rings (SSSR count). The summed E-state index contributed by atoms with van der Waals surface area (Å²) in [5.74, 6) is -0.416. The fraction of sp³-hybridized carbons (Fsp3) is 0.0833. The molecule has 0 aromatic carbocycles. The van der Waals surface area contributed by atoms with Crippen LogP contribution in [-0.2, 0) is 6.54 Å². The van der Waals surface area contributed by atoms with Crippen molar-refractivity contribution in [3.05, 3.63) is 54.0 Å². The molecule has 2 heterocycles. The Morgan fingerprint density at radius 2 is 2.00 bits per heavy atom. The summed E-state index contributed by atoms with van der Waals surface area (Å²) in [5, 5.41) is 11.9. The van der Waals surface area contributed by atoms with Crippen molar-refractivity contribution in [2.24, 2.45) is 0 Å². The van der Waals surface area contributed by atoms with Gasteiger partial charge in [0.15, 0.2) is 0 Å². The van der Waals surface area contributed by atoms with E-state index >= 15 is 0 Å². The highest BCUT2D eigenvalue weighted by atomic mass is 16.4. The number of anilines is 1. The fourth-order valence-corrected chi connectivity index (χ4v) is 1.35. The number of hydrogen-bond donors (Lipinski definition) is 2. The second-order valence-electron chi connectivity index (χ2n) is 3.44. The molecule has 0 saturated carbocycles. The van der Waals surface area contributed by atoms with Crippen LogP contribution in [0.25, 0.3) is 0 Å². The van der Waals surface area contributed by atoms with Gasteiger partial charge in [0.1, 0.15) is 5.82 Å². The molecular weight excluding hydrogens is 218 g/mol. The largest absolute Gasteiger partial charge is 0.478 e. The van der Waals surface area contributed by atoms with Gasteiger partial charge in [-0.15, -0.1) is 0 Å². The van der Waals surface area contributed by atoms with Gasteiger partial charge in [-0.1, -0.05) is 0 Å². The molecule has 2 aromatic heterocycles. The Bertz CT molecular complexity index is 514. The second-order valence-corrected chi connectivity index (χ2v) is 3.44. The first-order valence-electron chi connectivity index (χ1n) is 5.08. The zero-order valence-electron chi connectivity index (χ0n) is 9.00. The smallest absolute Gasteiger partial charge is 0.335 e. The predicted octanol–water partition coefficient (Wildman–Crippen LogP) is 1.79. The van der Waals surface area contributed by atoms with Crippen LogP contribution >= 0.6 is 0 Å². The molecule has 0 aliphatic carbocycles. The van der Waals surface area contributed by atoms with Crippen LogP contribution in [0.2, 0.25) is 0 Å². The molecule has 0 aliphatic heterocycles. The summed E-state index contributed by atoms with van der Waals surface area (Å²) in [6.07, 6.45) is 4.88. The highest BCUT2D eigenvalue weighted by Gasteiger charge is 2.03. The number of nitrogens with zero attached hydrogens (tertiary/aromatic N) is 2. The van der Waals surface area contributed by atoms with Crippen LogP contribution in [0.15, 0.2) is 42.9 Å². The van der Waals surface area contributed by atoms with E-state index in [0.717, 1.165) is 5.56 Å². The van der Waals surface area contributed by atoms with E-state index in [1.165, 1.54) is 18.3 Å². The number of nitrogens with one attached hydrogen (secondary N) is 1. The monoisotopic (exact) mass is 229 g/mol. The average molecular weight is 229 g/mol. The van der Waals surface area contributed by atoms with Crippen LogP contribution < -0.4 is 5.32 Å². The molecule has 0 unspecified atom stereocenters. The number of hydrogen-bond acceptors (Lipinski definition) is 4. The lowest BCUT2D eigenvalue weighted by Crippen LogP contribution is -2.03. The first-order chi connectivity index (χ1) is 8.25. The third kappa shape index (κ3) is 3.01. The van der Waals surface area contributed by atoms with E-state index in [4.69, 9.17) is 5.11 Å². The minimum Gasteiger partial charge on any atom is -0.478 e. The van der Waals surface area contributed by atoms with Crippen LogP contribution in [-0.4, -0.2) is 21.0 Å². The zero-order chi connectivity index (χ0) is 12.1. The van der Waals surface area contributed by atoms with E-state index in [0.29, 0.717) is 12.4 Å². The van der Waals surface area contributed by atoms with Crippen molar-refractivity contribution >= 4 is 11.8 Å². The van der Waals surface area contributed by atoms with Crippen molar-refractivity contribution in [3.8, 4) is 0 Å². The molecule has 0 atom stereocenters. The number of aromatic carboxylic acids is 1. The summed E-state index contributed by atoms with van der Waals surface area (Å²) in [6.45, 7) is 0.582. The molecule has 0 bridgehead atoms. The van der Waals surface area contributed by atoms with E-state index < -0.39 is 5.97 Å². The van der Waals surface area contributed by atoms with E-state index in [2.05, 4.69) is 15.3 Å². The third-order valence-corrected chi connectivity index (χ3v) is 2.23. The van der Waals surface area contributed by atoms with Crippen molar-refractivity contribution in [1.82, 2.24) is 9.97 Å². The van der Waals surface area contributed by atoms with Gasteiger partial charge in [-0.2, -0.15) is 0 Å². The first-order valence-corrected chi connectivity index (χ1v) is 5.08.